The molecule has 9 nitrogen and oxygen atoms in total. The molecular weight excluding hydrogens is 310 g/mol. The Morgan fingerprint density at radius 3 is 2.22 bits per heavy atom. The first kappa shape index (κ1) is 17.3. The van der Waals surface area contributed by atoms with Gasteiger partial charge in [-0.2, -0.15) is 0 Å². The second kappa shape index (κ2) is 7.02. The van der Waals surface area contributed by atoms with Crippen LogP contribution in [0.5, 0.6) is 5.75 Å². The number of esters is 1. The predicted octanol–water partition coefficient (Wildman–Crippen LogP) is -1.65. The number of rotatable bonds is 3. The molecule has 2 rings (SSSR count). The zero-order chi connectivity index (χ0) is 17.1. The maximum Gasteiger partial charge on any atom is 0.343 e. The molecule has 126 valence electrons. The first-order valence-corrected chi connectivity index (χ1v) is 6.76. The van der Waals surface area contributed by atoms with Gasteiger partial charge in [-0.15, -0.1) is 0 Å². The molecule has 5 atom stereocenters. The standard InChI is InChI=1S/C14H17NO8/c1-6(16)15-7-2-4-8(5-3-7)22-14(21)12-10(18)9(17)11(19)13(20)23-12/h2-5,9-13,17-20H,1H3,(H,15,16)/t9-,10-,11+,12-,13+/m0/s1. The van der Waals surface area contributed by atoms with Crippen LogP contribution in [0.2, 0.25) is 0 Å². The van der Waals surface area contributed by atoms with Crippen molar-refractivity contribution < 1.29 is 39.5 Å². The van der Waals surface area contributed by atoms with Gasteiger partial charge in [-0.1, -0.05) is 0 Å². The molecule has 0 saturated carbocycles. The molecule has 1 aliphatic heterocycles. The number of nitrogens with one attached hydrogen (secondary N) is 1. The van der Waals surface area contributed by atoms with E-state index in [1.165, 1.54) is 31.2 Å². The van der Waals surface area contributed by atoms with Gasteiger partial charge in [0.15, 0.2) is 12.4 Å². The van der Waals surface area contributed by atoms with Gasteiger partial charge in [-0.3, -0.25) is 4.79 Å². The maximum atomic E-state index is 12.0. The molecule has 1 aliphatic rings. The summed E-state index contributed by atoms with van der Waals surface area (Å²) < 4.78 is 9.73. The average molecular weight is 327 g/mol. The van der Waals surface area contributed by atoms with Crippen LogP contribution >= 0.6 is 0 Å². The van der Waals surface area contributed by atoms with E-state index in [1.54, 1.807) is 0 Å². The zero-order valence-corrected chi connectivity index (χ0v) is 12.1. The number of aliphatic hydroxyl groups is 4. The molecule has 23 heavy (non-hydrogen) atoms. The van der Waals surface area contributed by atoms with Crippen LogP contribution in [-0.4, -0.2) is 63.0 Å². The SMILES string of the molecule is CC(=O)Nc1ccc(OC(=O)[C@H]2O[C@@H](O)[C@H](O)[C@@H](O)[C@@H]2O)cc1. The van der Waals surface area contributed by atoms with Crippen LogP contribution in [0.25, 0.3) is 0 Å². The molecule has 0 unspecified atom stereocenters. The molecule has 5 N–H and O–H groups in total. The number of hydrogen-bond acceptors (Lipinski definition) is 8. The molecule has 0 spiro atoms. The first-order valence-electron chi connectivity index (χ1n) is 6.76. The Balaban J connectivity index is 2.02. The third-order valence-electron chi connectivity index (χ3n) is 3.21. The van der Waals surface area contributed by atoms with Crippen molar-refractivity contribution in [2.45, 2.75) is 37.6 Å². The maximum absolute atomic E-state index is 12.0. The Morgan fingerprint density at radius 2 is 1.65 bits per heavy atom. The van der Waals surface area contributed by atoms with E-state index in [1.807, 2.05) is 0 Å². The summed E-state index contributed by atoms with van der Waals surface area (Å²) >= 11 is 0. The van der Waals surface area contributed by atoms with E-state index in [-0.39, 0.29) is 11.7 Å². The number of amides is 1. The molecule has 0 radical (unpaired) electrons. The Bertz CT molecular complexity index is 575. The molecular formula is C14H17NO8. The molecule has 1 aromatic carbocycles. The Hall–Kier alpha value is -2.04. The summed E-state index contributed by atoms with van der Waals surface area (Å²) in [6, 6.07) is 5.80. The van der Waals surface area contributed by atoms with Gasteiger partial charge in [-0.05, 0) is 24.3 Å². The highest BCUT2D eigenvalue weighted by Crippen LogP contribution is 2.22. The summed E-state index contributed by atoms with van der Waals surface area (Å²) in [5, 5.41) is 40.5. The topological polar surface area (TPSA) is 146 Å². The van der Waals surface area contributed by atoms with E-state index >= 15 is 0 Å². The molecule has 1 saturated heterocycles. The predicted molar refractivity (Wildman–Crippen MR) is 75.3 cm³/mol. The third kappa shape index (κ3) is 4.03. The van der Waals surface area contributed by atoms with Gasteiger partial charge in [0.2, 0.25) is 5.91 Å². The summed E-state index contributed by atoms with van der Waals surface area (Å²) in [5.74, 6) is -1.19. The van der Waals surface area contributed by atoms with E-state index in [2.05, 4.69) is 5.32 Å². The average Bonchev–Trinajstić information content (AvgIpc) is 2.50. The largest absolute Gasteiger partial charge is 0.425 e. The molecule has 0 aliphatic carbocycles. The van der Waals surface area contributed by atoms with E-state index in [0.29, 0.717) is 5.69 Å². The Labute approximate surface area is 131 Å². The van der Waals surface area contributed by atoms with Crippen LogP contribution in [0.15, 0.2) is 24.3 Å². The minimum atomic E-state index is -1.83. The number of ether oxygens (including phenoxy) is 2. The fraction of sp³-hybridized carbons (Fsp3) is 0.429. The van der Waals surface area contributed by atoms with E-state index in [9.17, 15) is 30.0 Å². The fourth-order valence-electron chi connectivity index (χ4n) is 2.04. The summed E-state index contributed by atoms with van der Waals surface area (Å²) in [4.78, 5) is 22.9. The molecule has 1 heterocycles. The van der Waals surface area contributed by atoms with Crippen molar-refractivity contribution in [3.05, 3.63) is 24.3 Å². The molecule has 1 fully saturated rings. The second-order valence-electron chi connectivity index (χ2n) is 5.05. The third-order valence-corrected chi connectivity index (χ3v) is 3.21. The van der Waals surface area contributed by atoms with Crippen molar-refractivity contribution in [1.29, 1.82) is 0 Å². The quantitative estimate of drug-likeness (QED) is 0.328. The minimum Gasteiger partial charge on any atom is -0.425 e. The van der Waals surface area contributed by atoms with Crippen LogP contribution in [-0.2, 0) is 14.3 Å². The van der Waals surface area contributed by atoms with Gasteiger partial charge in [0.05, 0.1) is 0 Å². The number of carbonyl (C=O) groups excluding carboxylic acids is 2. The van der Waals surface area contributed by atoms with Crippen LogP contribution < -0.4 is 10.1 Å². The van der Waals surface area contributed by atoms with Crippen molar-refractivity contribution >= 4 is 17.6 Å². The number of hydrogen-bond donors (Lipinski definition) is 5. The van der Waals surface area contributed by atoms with Gasteiger partial charge >= 0.3 is 5.97 Å². The highest BCUT2D eigenvalue weighted by Gasteiger charge is 2.47. The fourth-order valence-corrected chi connectivity index (χ4v) is 2.04. The normalized spacial score (nSPS) is 30.6. The van der Waals surface area contributed by atoms with Crippen LogP contribution in [0.1, 0.15) is 6.92 Å². The lowest BCUT2D eigenvalue weighted by Crippen LogP contribution is -2.60. The Kier molecular flexibility index (Phi) is 5.29. The Morgan fingerprint density at radius 1 is 1.04 bits per heavy atom. The van der Waals surface area contributed by atoms with Gasteiger partial charge in [0.25, 0.3) is 0 Å². The lowest BCUT2D eigenvalue weighted by Gasteiger charge is -2.36. The highest BCUT2D eigenvalue weighted by molar-refractivity contribution is 5.88. The molecule has 9 heteroatoms. The van der Waals surface area contributed by atoms with Crippen LogP contribution in [0.3, 0.4) is 0 Å². The summed E-state index contributed by atoms with van der Waals surface area (Å²) in [5.41, 5.74) is 0.500. The van der Waals surface area contributed by atoms with Crippen LogP contribution in [0, 0.1) is 0 Å². The first-order chi connectivity index (χ1) is 10.8. The van der Waals surface area contributed by atoms with E-state index in [0.717, 1.165) is 0 Å². The van der Waals surface area contributed by atoms with E-state index in [4.69, 9.17) is 9.47 Å². The number of benzene rings is 1. The second-order valence-corrected chi connectivity index (χ2v) is 5.05. The van der Waals surface area contributed by atoms with Gasteiger partial charge in [0, 0.05) is 12.6 Å². The smallest absolute Gasteiger partial charge is 0.343 e. The van der Waals surface area contributed by atoms with Crippen molar-refractivity contribution in [3.63, 3.8) is 0 Å². The van der Waals surface area contributed by atoms with Crippen molar-refractivity contribution in [2.24, 2.45) is 0 Å². The summed E-state index contributed by atoms with van der Waals surface area (Å²) in [6.07, 6.45) is -8.71. The molecule has 1 aromatic rings. The minimum absolute atomic E-state index is 0.106. The highest BCUT2D eigenvalue weighted by atomic mass is 16.7. The van der Waals surface area contributed by atoms with E-state index < -0.39 is 36.7 Å². The van der Waals surface area contributed by atoms with Crippen molar-refractivity contribution in [2.75, 3.05) is 5.32 Å². The molecule has 0 aromatic heterocycles. The monoisotopic (exact) mass is 327 g/mol. The van der Waals surface area contributed by atoms with Gasteiger partial charge in [-0.25, -0.2) is 4.79 Å². The lowest BCUT2D eigenvalue weighted by atomic mass is 9.99. The zero-order valence-electron chi connectivity index (χ0n) is 12.1. The molecule has 1 amide bonds. The summed E-state index contributed by atoms with van der Waals surface area (Å²) in [7, 11) is 0. The number of aliphatic hydroxyl groups excluding tert-OH is 4. The van der Waals surface area contributed by atoms with Crippen LogP contribution in [0.4, 0.5) is 5.69 Å². The van der Waals surface area contributed by atoms with Gasteiger partial charge < -0.3 is 35.2 Å². The lowest BCUT2D eigenvalue weighted by molar-refractivity contribution is -0.279. The van der Waals surface area contributed by atoms with Crippen molar-refractivity contribution in [1.82, 2.24) is 0 Å². The van der Waals surface area contributed by atoms with Crippen molar-refractivity contribution in [3.8, 4) is 5.75 Å². The molecule has 0 bridgehead atoms. The van der Waals surface area contributed by atoms with Gasteiger partial charge in [0.1, 0.15) is 24.1 Å². The number of carbonyl (C=O) groups is 2. The number of anilines is 1. The summed E-state index contributed by atoms with van der Waals surface area (Å²) in [6.45, 7) is 1.35.